The number of anilines is 1. The average molecular weight is 312 g/mol. The Bertz CT molecular complexity index is 572. The molecule has 0 fully saturated rings. The number of hydrogen-bond donors (Lipinski definition) is 2. The van der Waals surface area contributed by atoms with Crippen molar-refractivity contribution < 1.29 is 8.42 Å². The lowest BCUT2D eigenvalue weighted by Gasteiger charge is -2.33. The highest BCUT2D eigenvalue weighted by atomic mass is 32.2. The average Bonchev–Trinajstić information content (AvgIpc) is 2.24. The van der Waals surface area contributed by atoms with E-state index in [1.54, 1.807) is 18.2 Å². The van der Waals surface area contributed by atoms with Gasteiger partial charge in [-0.1, -0.05) is 32.9 Å². The van der Waals surface area contributed by atoms with E-state index in [0.717, 1.165) is 6.42 Å². The van der Waals surface area contributed by atoms with E-state index < -0.39 is 15.6 Å². The van der Waals surface area contributed by atoms with E-state index >= 15 is 0 Å². The molecule has 2 N–H and O–H groups in total. The maximum Gasteiger partial charge on any atom is 0.243 e. The number of sulfonamides is 1. The molecule has 4 nitrogen and oxygen atoms in total. The lowest BCUT2D eigenvalue weighted by molar-refractivity contribution is 0.269. The first-order valence-corrected chi connectivity index (χ1v) is 8.82. The molecule has 0 spiro atoms. The molecule has 1 aromatic rings. The van der Waals surface area contributed by atoms with E-state index in [2.05, 4.69) is 30.8 Å². The normalized spacial score (nSPS) is 13.2. The van der Waals surface area contributed by atoms with Gasteiger partial charge in [0.1, 0.15) is 4.90 Å². The Morgan fingerprint density at radius 1 is 1.05 bits per heavy atom. The van der Waals surface area contributed by atoms with E-state index in [-0.39, 0.29) is 5.41 Å². The SMILES string of the molecule is CCNc1ccccc1S(=O)(=O)NC(C)(C)CC(C)(C)C. The van der Waals surface area contributed by atoms with Crippen molar-refractivity contribution in [2.75, 3.05) is 11.9 Å². The van der Waals surface area contributed by atoms with Gasteiger partial charge in [0, 0.05) is 12.1 Å². The minimum absolute atomic E-state index is 0.0488. The Morgan fingerprint density at radius 2 is 1.62 bits per heavy atom. The van der Waals surface area contributed by atoms with Crippen LogP contribution in [0.1, 0.15) is 48.0 Å². The standard InChI is InChI=1S/C16H28N2O2S/c1-7-17-13-10-8-9-11-14(13)21(19,20)18-16(5,6)12-15(2,3)4/h8-11,17-18H,7,12H2,1-6H3. The maximum atomic E-state index is 12.7. The van der Waals surface area contributed by atoms with Crippen LogP contribution in [0.15, 0.2) is 29.2 Å². The first-order chi connectivity index (χ1) is 9.47. The third-order valence-corrected chi connectivity index (χ3v) is 4.68. The zero-order chi connectivity index (χ0) is 16.3. The van der Waals surface area contributed by atoms with Crippen molar-refractivity contribution in [3.8, 4) is 0 Å². The van der Waals surface area contributed by atoms with Crippen LogP contribution in [0.3, 0.4) is 0 Å². The van der Waals surface area contributed by atoms with Gasteiger partial charge in [0.2, 0.25) is 10.0 Å². The maximum absolute atomic E-state index is 12.7. The van der Waals surface area contributed by atoms with Crippen molar-refractivity contribution in [2.24, 2.45) is 5.41 Å². The van der Waals surface area contributed by atoms with Crippen LogP contribution in [-0.4, -0.2) is 20.5 Å². The van der Waals surface area contributed by atoms with E-state index in [0.29, 0.717) is 17.1 Å². The highest BCUT2D eigenvalue weighted by Crippen LogP contribution is 2.29. The summed E-state index contributed by atoms with van der Waals surface area (Å²) in [5.74, 6) is 0. The van der Waals surface area contributed by atoms with E-state index in [4.69, 9.17) is 0 Å². The second kappa shape index (κ2) is 6.36. The molecule has 0 bridgehead atoms. The van der Waals surface area contributed by atoms with Crippen LogP contribution in [0.25, 0.3) is 0 Å². The third-order valence-electron chi connectivity index (χ3n) is 2.93. The van der Waals surface area contributed by atoms with Gasteiger partial charge < -0.3 is 5.32 Å². The number of nitrogens with one attached hydrogen (secondary N) is 2. The smallest absolute Gasteiger partial charge is 0.243 e. The summed E-state index contributed by atoms with van der Waals surface area (Å²) in [6.07, 6.45) is 0.753. The van der Waals surface area contributed by atoms with Crippen LogP contribution in [0, 0.1) is 5.41 Å². The van der Waals surface area contributed by atoms with Crippen molar-refractivity contribution in [1.29, 1.82) is 0 Å². The van der Waals surface area contributed by atoms with Gasteiger partial charge in [-0.15, -0.1) is 0 Å². The molecule has 0 saturated carbocycles. The summed E-state index contributed by atoms with van der Waals surface area (Å²) in [5.41, 5.74) is 0.183. The van der Waals surface area contributed by atoms with Gasteiger partial charge >= 0.3 is 0 Å². The van der Waals surface area contributed by atoms with E-state index in [1.807, 2.05) is 26.8 Å². The summed E-state index contributed by atoms with van der Waals surface area (Å²) >= 11 is 0. The molecule has 0 aliphatic carbocycles. The summed E-state index contributed by atoms with van der Waals surface area (Å²) in [7, 11) is -3.56. The molecule has 0 unspecified atom stereocenters. The summed E-state index contributed by atoms with van der Waals surface area (Å²) < 4.78 is 28.2. The fourth-order valence-corrected chi connectivity index (χ4v) is 4.42. The minimum Gasteiger partial charge on any atom is -0.384 e. The summed E-state index contributed by atoms with van der Waals surface area (Å²) in [6, 6.07) is 6.99. The monoisotopic (exact) mass is 312 g/mol. The molecule has 5 heteroatoms. The summed E-state index contributed by atoms with van der Waals surface area (Å²) in [5, 5.41) is 3.10. The molecular formula is C16H28N2O2S. The third kappa shape index (κ3) is 5.67. The zero-order valence-electron chi connectivity index (χ0n) is 13.9. The molecule has 1 aromatic carbocycles. The molecule has 0 saturated heterocycles. The van der Waals surface area contributed by atoms with Crippen LogP contribution in [0.4, 0.5) is 5.69 Å². The molecule has 0 aliphatic rings. The Balaban J connectivity index is 3.07. The molecule has 0 amide bonds. The fourth-order valence-electron chi connectivity index (χ4n) is 2.82. The molecule has 0 aliphatic heterocycles. The molecule has 0 heterocycles. The molecule has 21 heavy (non-hydrogen) atoms. The molecule has 0 aromatic heterocycles. The second-order valence-electron chi connectivity index (χ2n) is 7.25. The predicted octanol–water partition coefficient (Wildman–Crippen LogP) is 3.61. The first-order valence-electron chi connectivity index (χ1n) is 7.34. The fraction of sp³-hybridized carbons (Fsp3) is 0.625. The highest BCUT2D eigenvalue weighted by molar-refractivity contribution is 7.89. The quantitative estimate of drug-likeness (QED) is 0.843. The van der Waals surface area contributed by atoms with Crippen molar-refractivity contribution in [3.05, 3.63) is 24.3 Å². The highest BCUT2D eigenvalue weighted by Gasteiger charge is 2.31. The number of hydrogen-bond acceptors (Lipinski definition) is 3. The Labute approximate surface area is 129 Å². The van der Waals surface area contributed by atoms with Gasteiger partial charge in [-0.2, -0.15) is 0 Å². The van der Waals surface area contributed by atoms with Crippen LogP contribution >= 0.6 is 0 Å². The van der Waals surface area contributed by atoms with Gasteiger partial charge in [-0.05, 0) is 44.7 Å². The van der Waals surface area contributed by atoms with Gasteiger partial charge in [-0.3, -0.25) is 0 Å². The number of para-hydroxylation sites is 1. The van der Waals surface area contributed by atoms with Gasteiger partial charge in [-0.25, -0.2) is 13.1 Å². The number of benzene rings is 1. The van der Waals surface area contributed by atoms with Crippen molar-refractivity contribution in [2.45, 2.75) is 58.4 Å². The van der Waals surface area contributed by atoms with Crippen LogP contribution in [0.2, 0.25) is 0 Å². The minimum atomic E-state index is -3.56. The zero-order valence-corrected chi connectivity index (χ0v) is 14.8. The van der Waals surface area contributed by atoms with Gasteiger partial charge in [0.15, 0.2) is 0 Å². The molecule has 1 rings (SSSR count). The predicted molar refractivity (Wildman–Crippen MR) is 89.1 cm³/mol. The second-order valence-corrected chi connectivity index (χ2v) is 8.90. The Morgan fingerprint density at radius 3 is 2.14 bits per heavy atom. The largest absolute Gasteiger partial charge is 0.384 e. The van der Waals surface area contributed by atoms with Crippen LogP contribution < -0.4 is 10.0 Å². The Hall–Kier alpha value is -1.07. The van der Waals surface area contributed by atoms with E-state index in [9.17, 15) is 8.42 Å². The van der Waals surface area contributed by atoms with Crippen LogP contribution in [-0.2, 0) is 10.0 Å². The topological polar surface area (TPSA) is 58.2 Å². The summed E-state index contributed by atoms with van der Waals surface area (Å²) in [6.45, 7) is 12.8. The molecule has 120 valence electrons. The lowest BCUT2D eigenvalue weighted by atomic mass is 9.82. The van der Waals surface area contributed by atoms with E-state index in [1.165, 1.54) is 0 Å². The van der Waals surface area contributed by atoms with Crippen LogP contribution in [0.5, 0.6) is 0 Å². The number of rotatable bonds is 6. The van der Waals surface area contributed by atoms with Gasteiger partial charge in [0.05, 0.1) is 5.69 Å². The van der Waals surface area contributed by atoms with Crippen molar-refractivity contribution in [3.63, 3.8) is 0 Å². The molecule has 0 radical (unpaired) electrons. The lowest BCUT2D eigenvalue weighted by Crippen LogP contribution is -2.45. The first kappa shape index (κ1) is 18.0. The van der Waals surface area contributed by atoms with Gasteiger partial charge in [0.25, 0.3) is 0 Å². The van der Waals surface area contributed by atoms with Crippen molar-refractivity contribution in [1.82, 2.24) is 4.72 Å². The Kier molecular flexibility index (Phi) is 5.45. The van der Waals surface area contributed by atoms with Crippen molar-refractivity contribution >= 4 is 15.7 Å². The molecule has 0 atom stereocenters. The summed E-state index contributed by atoms with van der Waals surface area (Å²) in [4.78, 5) is 0.300. The molecular weight excluding hydrogens is 284 g/mol.